The van der Waals surface area contributed by atoms with Crippen molar-refractivity contribution in [2.45, 2.75) is 0 Å². The third-order valence-corrected chi connectivity index (χ3v) is 10.1. The van der Waals surface area contributed by atoms with Gasteiger partial charge in [0.1, 0.15) is 11.5 Å². The van der Waals surface area contributed by atoms with Crippen molar-refractivity contribution in [3.05, 3.63) is 182 Å². The molecule has 0 radical (unpaired) electrons. The molecule has 1 nitrogen and oxygen atoms in total. The van der Waals surface area contributed by atoms with Crippen LogP contribution in [0.2, 0.25) is 0 Å². The maximum absolute atomic E-state index is 7.39. The average Bonchev–Trinajstić information content (AvgIpc) is 3.17. The summed E-state index contributed by atoms with van der Waals surface area (Å²) in [5, 5.41) is 14.0. The molecule has 10 rings (SSSR count). The summed E-state index contributed by atoms with van der Waals surface area (Å²) in [4.78, 5) is 0. The van der Waals surface area contributed by atoms with Gasteiger partial charge in [-0.25, -0.2) is 0 Å². The van der Waals surface area contributed by atoms with Gasteiger partial charge in [0, 0.05) is 21.5 Å². The Morgan fingerprint density at radius 1 is 0.224 bits per heavy atom. The monoisotopic (exact) mass is 622 g/mol. The van der Waals surface area contributed by atoms with Gasteiger partial charge >= 0.3 is 0 Å². The van der Waals surface area contributed by atoms with E-state index < -0.39 is 0 Å². The molecule has 0 aromatic heterocycles. The number of rotatable bonds is 4. The van der Waals surface area contributed by atoms with E-state index in [1.54, 1.807) is 0 Å². The first kappa shape index (κ1) is 27.7. The molecule has 0 aliphatic rings. The first-order valence-corrected chi connectivity index (χ1v) is 16.9. The lowest BCUT2D eigenvalue weighted by atomic mass is 9.88. The summed E-state index contributed by atoms with van der Waals surface area (Å²) in [6, 6.07) is 65.4. The normalized spacial score (nSPS) is 11.7. The molecule has 0 N–H and O–H groups in total. The highest BCUT2D eigenvalue weighted by molar-refractivity contribution is 6.22. The highest BCUT2D eigenvalue weighted by atomic mass is 16.5. The molecule has 0 aliphatic heterocycles. The second kappa shape index (κ2) is 11.1. The maximum Gasteiger partial charge on any atom is 0.143 e. The molecule has 1 heteroatoms. The second-order valence-electron chi connectivity index (χ2n) is 12.7. The van der Waals surface area contributed by atoms with Crippen LogP contribution < -0.4 is 4.74 Å². The van der Waals surface area contributed by atoms with Gasteiger partial charge in [0.15, 0.2) is 0 Å². The summed E-state index contributed by atoms with van der Waals surface area (Å²) in [6.45, 7) is 0. The van der Waals surface area contributed by atoms with Gasteiger partial charge < -0.3 is 4.74 Å². The zero-order valence-corrected chi connectivity index (χ0v) is 26.7. The van der Waals surface area contributed by atoms with Gasteiger partial charge in [0.05, 0.1) is 0 Å². The fraction of sp³-hybridized carbons (Fsp3) is 0. The van der Waals surface area contributed by atoms with Gasteiger partial charge in [-0.2, -0.15) is 0 Å². The van der Waals surface area contributed by atoms with Gasteiger partial charge in [-0.15, -0.1) is 0 Å². The van der Waals surface area contributed by atoms with Crippen LogP contribution in [0.1, 0.15) is 0 Å². The van der Waals surface area contributed by atoms with Gasteiger partial charge in [-0.05, 0) is 65.3 Å². The van der Waals surface area contributed by atoms with Crippen molar-refractivity contribution in [1.82, 2.24) is 0 Å². The Kier molecular flexibility index (Phi) is 6.25. The van der Waals surface area contributed by atoms with Crippen LogP contribution in [0.5, 0.6) is 11.5 Å². The number of fused-ring (bicyclic) bond motifs is 6. The molecule has 0 saturated carbocycles. The van der Waals surface area contributed by atoms with E-state index in [-0.39, 0.29) is 0 Å². The molecule has 0 amide bonds. The summed E-state index contributed by atoms with van der Waals surface area (Å²) < 4.78 is 7.39. The Morgan fingerprint density at radius 3 is 0.837 bits per heavy atom. The van der Waals surface area contributed by atoms with Gasteiger partial charge in [-0.3, -0.25) is 0 Å². The molecule has 0 heterocycles. The summed E-state index contributed by atoms with van der Waals surface area (Å²) >= 11 is 0. The fourth-order valence-corrected chi connectivity index (χ4v) is 7.97. The van der Waals surface area contributed by atoms with Crippen LogP contribution in [-0.2, 0) is 0 Å². The molecule has 0 unspecified atom stereocenters. The van der Waals surface area contributed by atoms with E-state index in [2.05, 4.69) is 182 Å². The summed E-state index contributed by atoms with van der Waals surface area (Å²) in [5.74, 6) is 1.76. The van der Waals surface area contributed by atoms with Gasteiger partial charge in [0.2, 0.25) is 0 Å². The van der Waals surface area contributed by atoms with Gasteiger partial charge in [-0.1, -0.05) is 182 Å². The Bertz CT molecular complexity index is 2590. The topological polar surface area (TPSA) is 9.23 Å². The largest absolute Gasteiger partial charge is 0.455 e. The van der Waals surface area contributed by atoms with Crippen molar-refractivity contribution < 1.29 is 4.74 Å². The third kappa shape index (κ3) is 4.26. The van der Waals surface area contributed by atoms with Crippen LogP contribution in [0.4, 0.5) is 0 Å². The van der Waals surface area contributed by atoms with Crippen LogP contribution in [0, 0.1) is 0 Å². The molecule has 0 atom stereocenters. The molecule has 0 saturated heterocycles. The quantitative estimate of drug-likeness (QED) is 0.177. The van der Waals surface area contributed by atoms with Crippen molar-refractivity contribution in [3.63, 3.8) is 0 Å². The van der Waals surface area contributed by atoms with Crippen LogP contribution in [-0.4, -0.2) is 0 Å². The number of hydrogen-bond acceptors (Lipinski definition) is 1. The predicted octanol–water partition coefficient (Wildman–Crippen LogP) is 13.7. The molecule has 0 fully saturated rings. The Hall–Kier alpha value is -6.44. The standard InChI is InChI=1S/C48H30O/c1-3-19-33-31(15-1)17-13-29-35(33)45-37-21-5-9-25-41(37)47(42-26-10-6-22-38(42)45)49-48-43-27-11-7-23-39(43)46(40-24-8-12-28-44(40)48)36-30-14-18-32-16-2-4-20-34(32)36/h1-30H. The van der Waals surface area contributed by atoms with Crippen LogP contribution in [0.15, 0.2) is 182 Å². The smallest absolute Gasteiger partial charge is 0.143 e. The van der Waals surface area contributed by atoms with E-state index in [9.17, 15) is 0 Å². The number of hydrogen-bond donors (Lipinski definition) is 0. The number of benzene rings is 10. The highest BCUT2D eigenvalue weighted by Gasteiger charge is 2.22. The maximum atomic E-state index is 7.39. The fourth-order valence-electron chi connectivity index (χ4n) is 7.97. The molecule has 0 spiro atoms. The van der Waals surface area contributed by atoms with E-state index in [0.717, 1.165) is 33.0 Å². The lowest BCUT2D eigenvalue weighted by Gasteiger charge is -2.21. The SMILES string of the molecule is c1ccc2c(-c3c4ccccc4c(Oc4c5ccccc5c(-c5cccc6ccccc56)c5ccccc45)c4ccccc34)cccc2c1. The number of ether oxygens (including phenoxy) is 1. The van der Waals surface area contributed by atoms with Crippen LogP contribution in [0.25, 0.3) is 86.9 Å². The second-order valence-corrected chi connectivity index (χ2v) is 12.7. The zero-order valence-electron chi connectivity index (χ0n) is 26.7. The van der Waals surface area contributed by atoms with Crippen molar-refractivity contribution in [3.8, 4) is 33.8 Å². The zero-order chi connectivity index (χ0) is 32.3. The van der Waals surface area contributed by atoms with E-state index in [1.165, 1.54) is 65.3 Å². The predicted molar refractivity (Wildman–Crippen MR) is 209 cm³/mol. The Labute approximate surface area is 284 Å². The summed E-state index contributed by atoms with van der Waals surface area (Å²) in [7, 11) is 0. The Morgan fingerprint density at radius 2 is 0.490 bits per heavy atom. The molecule has 10 aromatic rings. The third-order valence-electron chi connectivity index (χ3n) is 10.1. The van der Waals surface area contributed by atoms with Crippen molar-refractivity contribution in [2.75, 3.05) is 0 Å². The molecular formula is C48H30O. The molecule has 49 heavy (non-hydrogen) atoms. The van der Waals surface area contributed by atoms with E-state index >= 15 is 0 Å². The molecular weight excluding hydrogens is 593 g/mol. The van der Waals surface area contributed by atoms with Crippen LogP contribution in [0.3, 0.4) is 0 Å². The van der Waals surface area contributed by atoms with E-state index in [0.29, 0.717) is 0 Å². The molecule has 10 aromatic carbocycles. The highest BCUT2D eigenvalue weighted by Crippen LogP contribution is 2.50. The van der Waals surface area contributed by atoms with E-state index in [4.69, 9.17) is 4.74 Å². The molecule has 0 aliphatic carbocycles. The van der Waals surface area contributed by atoms with Gasteiger partial charge in [0.25, 0.3) is 0 Å². The molecule has 0 bridgehead atoms. The minimum atomic E-state index is 0.878. The van der Waals surface area contributed by atoms with E-state index in [1.807, 2.05) is 0 Å². The first-order valence-electron chi connectivity index (χ1n) is 16.9. The first-order chi connectivity index (χ1) is 24.3. The van der Waals surface area contributed by atoms with Crippen molar-refractivity contribution >= 4 is 64.6 Å². The summed E-state index contributed by atoms with van der Waals surface area (Å²) in [6.07, 6.45) is 0. The lowest BCUT2D eigenvalue weighted by Crippen LogP contribution is -1.95. The minimum Gasteiger partial charge on any atom is -0.455 e. The van der Waals surface area contributed by atoms with Crippen LogP contribution >= 0.6 is 0 Å². The minimum absolute atomic E-state index is 0.878. The Balaban J connectivity index is 1.29. The lowest BCUT2D eigenvalue weighted by molar-refractivity contribution is 0.505. The van der Waals surface area contributed by atoms with Crippen molar-refractivity contribution in [2.24, 2.45) is 0 Å². The summed E-state index contributed by atoms with van der Waals surface area (Å²) in [5.41, 5.74) is 4.92. The van der Waals surface area contributed by atoms with Crippen molar-refractivity contribution in [1.29, 1.82) is 0 Å². The average molecular weight is 623 g/mol. The molecule has 228 valence electrons.